The summed E-state index contributed by atoms with van der Waals surface area (Å²) in [5.74, 6) is 0. The van der Waals surface area contributed by atoms with E-state index >= 15 is 0 Å². The lowest BCUT2D eigenvalue weighted by atomic mass is 9.92. The summed E-state index contributed by atoms with van der Waals surface area (Å²) in [4.78, 5) is 3.46. The minimum Gasteiger partial charge on any atom is -0.355 e. The quantitative estimate of drug-likeness (QED) is 0.173. The molecule has 2 aliphatic heterocycles. The van der Waals surface area contributed by atoms with E-state index in [2.05, 4.69) is 251 Å². The zero-order valence-corrected chi connectivity index (χ0v) is 36.0. The van der Waals surface area contributed by atoms with E-state index in [4.69, 9.17) is 6.58 Å². The molecule has 1 aromatic heterocycles. The van der Waals surface area contributed by atoms with Gasteiger partial charge in [-0.05, 0) is 141 Å². The van der Waals surface area contributed by atoms with Crippen LogP contribution < -0.4 is 10.2 Å². The highest BCUT2D eigenvalue weighted by molar-refractivity contribution is 8.02. The summed E-state index contributed by atoms with van der Waals surface area (Å²) in [6, 6.07) is 69.2. The van der Waals surface area contributed by atoms with Gasteiger partial charge in [0.15, 0.2) is 0 Å². The van der Waals surface area contributed by atoms with Gasteiger partial charge in [0.2, 0.25) is 0 Å². The first-order valence-electron chi connectivity index (χ1n) is 21.5. The number of hydrogen-bond donors (Lipinski definition) is 1. The van der Waals surface area contributed by atoms with Crippen LogP contribution in [0.1, 0.15) is 16.7 Å². The average molecular weight is 838 g/mol. The van der Waals surface area contributed by atoms with E-state index in [1.807, 2.05) is 0 Å². The molecule has 0 bridgehead atoms. The molecule has 8 aromatic carbocycles. The summed E-state index contributed by atoms with van der Waals surface area (Å²) in [6.45, 7) is 9.12. The van der Waals surface area contributed by atoms with Crippen molar-refractivity contribution in [2.24, 2.45) is 0 Å². The number of para-hydroxylation sites is 3. The lowest BCUT2D eigenvalue weighted by Crippen LogP contribution is -2.12. The molecule has 0 aliphatic carbocycles. The van der Waals surface area contributed by atoms with Crippen molar-refractivity contribution in [2.45, 2.75) is 4.90 Å². The number of allylic oxidation sites excluding steroid dienone is 7. The van der Waals surface area contributed by atoms with Gasteiger partial charge in [0.25, 0.3) is 0 Å². The fraction of sp³-hybridized carbons (Fsp3) is 0. The van der Waals surface area contributed by atoms with E-state index in [1.165, 1.54) is 26.7 Å². The van der Waals surface area contributed by atoms with Crippen LogP contribution >= 0.6 is 11.8 Å². The molecule has 0 saturated heterocycles. The van der Waals surface area contributed by atoms with Crippen LogP contribution in [0.3, 0.4) is 0 Å². The Labute approximate surface area is 378 Å². The first-order valence-corrected chi connectivity index (χ1v) is 22.4. The van der Waals surface area contributed by atoms with Crippen molar-refractivity contribution in [3.63, 3.8) is 0 Å². The van der Waals surface area contributed by atoms with Crippen LogP contribution in [0.4, 0.5) is 17.1 Å². The predicted molar refractivity (Wildman–Crippen MR) is 275 cm³/mol. The highest BCUT2D eigenvalue weighted by atomic mass is 32.2. The Bertz CT molecular complexity index is 3410. The maximum absolute atomic E-state index is 4.76. The maximum atomic E-state index is 4.76. The summed E-state index contributed by atoms with van der Waals surface area (Å²) in [7, 11) is 0. The number of benzene rings is 8. The van der Waals surface area contributed by atoms with Crippen molar-refractivity contribution in [3.05, 3.63) is 266 Å². The van der Waals surface area contributed by atoms with Gasteiger partial charge in [-0.25, -0.2) is 0 Å². The van der Waals surface area contributed by atoms with Gasteiger partial charge >= 0.3 is 0 Å². The number of hydrogen-bond acceptors (Lipinski definition) is 3. The summed E-state index contributed by atoms with van der Waals surface area (Å²) < 4.78 is 2.36. The van der Waals surface area contributed by atoms with Gasteiger partial charge in [-0.2, -0.15) is 0 Å². The Hall–Kier alpha value is -8.05. The highest BCUT2D eigenvalue weighted by Gasteiger charge is 2.20. The third-order valence-electron chi connectivity index (χ3n) is 12.1. The zero-order chi connectivity index (χ0) is 43.0. The topological polar surface area (TPSA) is 20.2 Å². The van der Waals surface area contributed by atoms with Crippen LogP contribution in [0, 0.1) is 0 Å². The standard InChI is InChI=1S/C60H43N3S/c1-41-26-30-48(40-64-60-25-15-13-22-51(41)60)61-56-31-27-44(38-54(56)43-16-6-3-7-17-43)47-34-35-62(49-18-8-4-9-19-49)57-32-28-45(37-53(57)42(2)36-47)46-29-33-59-55(39-46)52-23-12-14-24-58(52)63(59)50-20-10-5-11-21-50/h3-40,61H,1-2H2/b30-26-,35-34-,47-36+,48-40+. The van der Waals surface area contributed by atoms with Gasteiger partial charge in [-0.15, -0.1) is 0 Å². The largest absolute Gasteiger partial charge is 0.355 e. The van der Waals surface area contributed by atoms with E-state index in [1.54, 1.807) is 11.8 Å². The van der Waals surface area contributed by atoms with E-state index in [9.17, 15) is 0 Å². The Morgan fingerprint density at radius 3 is 1.94 bits per heavy atom. The molecule has 2 aliphatic rings. The number of fused-ring (bicyclic) bond motifs is 5. The lowest BCUT2D eigenvalue weighted by Gasteiger charge is -2.27. The molecule has 0 unspecified atom stereocenters. The second kappa shape index (κ2) is 16.7. The molecule has 4 heteroatoms. The molecule has 64 heavy (non-hydrogen) atoms. The monoisotopic (exact) mass is 837 g/mol. The van der Waals surface area contributed by atoms with Crippen molar-refractivity contribution < 1.29 is 0 Å². The van der Waals surface area contributed by atoms with Crippen LogP contribution in [-0.2, 0) is 0 Å². The van der Waals surface area contributed by atoms with Crippen LogP contribution in [0.25, 0.3) is 66.5 Å². The Morgan fingerprint density at radius 1 is 0.453 bits per heavy atom. The van der Waals surface area contributed by atoms with Crippen LogP contribution in [-0.4, -0.2) is 4.57 Å². The normalized spacial score (nSPS) is 16.3. The van der Waals surface area contributed by atoms with E-state index < -0.39 is 0 Å². The first kappa shape index (κ1) is 38.8. The average Bonchev–Trinajstić information content (AvgIpc) is 3.68. The molecule has 11 rings (SSSR count). The van der Waals surface area contributed by atoms with Crippen LogP contribution in [0.5, 0.6) is 0 Å². The Morgan fingerprint density at radius 2 is 1.11 bits per heavy atom. The molecule has 0 atom stereocenters. The second-order valence-corrected chi connectivity index (χ2v) is 17.0. The van der Waals surface area contributed by atoms with Gasteiger partial charge in [0.1, 0.15) is 0 Å². The van der Waals surface area contributed by atoms with Crippen molar-refractivity contribution in [3.8, 4) is 27.9 Å². The molecular formula is C60H43N3S. The number of anilines is 3. The lowest BCUT2D eigenvalue weighted by molar-refractivity contribution is 1.18. The second-order valence-electron chi connectivity index (χ2n) is 16.1. The fourth-order valence-electron chi connectivity index (χ4n) is 8.93. The third-order valence-corrected chi connectivity index (χ3v) is 13.1. The molecule has 0 radical (unpaired) electrons. The molecule has 304 valence electrons. The van der Waals surface area contributed by atoms with Gasteiger partial charge in [0, 0.05) is 55.8 Å². The van der Waals surface area contributed by atoms with Crippen LogP contribution in [0.2, 0.25) is 0 Å². The van der Waals surface area contributed by atoms with Crippen molar-refractivity contribution in [1.29, 1.82) is 0 Å². The Kier molecular flexibility index (Phi) is 10.1. The molecule has 0 fully saturated rings. The first-order chi connectivity index (χ1) is 31.6. The summed E-state index contributed by atoms with van der Waals surface area (Å²) in [6.07, 6.45) is 10.8. The fourth-order valence-corrected chi connectivity index (χ4v) is 9.80. The molecule has 0 spiro atoms. The van der Waals surface area contributed by atoms with Gasteiger partial charge in [-0.3, -0.25) is 0 Å². The minimum atomic E-state index is 0.935. The number of thioether (sulfide) groups is 1. The summed E-state index contributed by atoms with van der Waals surface area (Å²) in [5, 5.41) is 8.41. The van der Waals surface area contributed by atoms with E-state index in [0.29, 0.717) is 0 Å². The van der Waals surface area contributed by atoms with E-state index in [0.717, 1.165) is 84.1 Å². The molecular weight excluding hydrogens is 795 g/mol. The highest BCUT2D eigenvalue weighted by Crippen LogP contribution is 2.42. The van der Waals surface area contributed by atoms with Crippen molar-refractivity contribution in [1.82, 2.24) is 4.57 Å². The molecule has 0 saturated carbocycles. The van der Waals surface area contributed by atoms with Crippen LogP contribution in [0.15, 0.2) is 254 Å². The predicted octanol–water partition coefficient (Wildman–Crippen LogP) is 16.5. The van der Waals surface area contributed by atoms with Gasteiger partial charge in [0.05, 0.1) is 16.7 Å². The van der Waals surface area contributed by atoms with E-state index in [-0.39, 0.29) is 0 Å². The zero-order valence-electron chi connectivity index (χ0n) is 35.2. The van der Waals surface area contributed by atoms with Gasteiger partial charge in [-0.1, -0.05) is 152 Å². The van der Waals surface area contributed by atoms with Crippen molar-refractivity contribution >= 4 is 67.3 Å². The Balaban J connectivity index is 1.00. The SMILES string of the molecule is C=C1/C=C\C(Nc2ccc(C3=C/C(=C)c4cc(-c5ccc6c(c5)c5ccccc5n6-c5ccccc5)ccc4N(c4ccccc4)/C=C\3)cc2-c2ccccc2)=C/Sc2ccccc21. The number of aromatic nitrogens is 1. The molecule has 3 heterocycles. The number of nitrogens with one attached hydrogen (secondary N) is 1. The summed E-state index contributed by atoms with van der Waals surface area (Å²) in [5.41, 5.74) is 18.5. The maximum Gasteiger partial charge on any atom is 0.0541 e. The molecule has 0 amide bonds. The number of rotatable bonds is 7. The minimum absolute atomic E-state index is 0.935. The number of nitrogens with zero attached hydrogens (tertiary/aromatic N) is 2. The van der Waals surface area contributed by atoms with Gasteiger partial charge < -0.3 is 14.8 Å². The van der Waals surface area contributed by atoms with Crippen molar-refractivity contribution in [2.75, 3.05) is 10.2 Å². The molecule has 1 N–H and O–H groups in total. The third kappa shape index (κ3) is 7.30. The molecule has 9 aromatic rings. The smallest absolute Gasteiger partial charge is 0.0541 e. The molecule has 3 nitrogen and oxygen atoms in total. The summed E-state index contributed by atoms with van der Waals surface area (Å²) >= 11 is 1.71.